The van der Waals surface area contributed by atoms with Crippen LogP contribution in [0.3, 0.4) is 0 Å². The summed E-state index contributed by atoms with van der Waals surface area (Å²) in [7, 11) is 2.02. The first-order valence-electron chi connectivity index (χ1n) is 13.3. The normalized spacial score (nSPS) is 21.8. The van der Waals surface area contributed by atoms with Crippen molar-refractivity contribution in [1.29, 1.82) is 0 Å². The van der Waals surface area contributed by atoms with Crippen LogP contribution >= 0.6 is 0 Å². The first-order valence-corrected chi connectivity index (χ1v) is 13.3. The lowest BCUT2D eigenvalue weighted by atomic mass is 9.91. The minimum absolute atomic E-state index is 0.0180. The molecule has 0 radical (unpaired) electrons. The van der Waals surface area contributed by atoms with E-state index in [1.807, 2.05) is 20.9 Å². The Labute approximate surface area is 226 Å². The number of nitrogens with zero attached hydrogens (tertiary/aromatic N) is 3. The molecule has 3 aliphatic rings. The van der Waals surface area contributed by atoms with Crippen molar-refractivity contribution in [2.75, 3.05) is 33.2 Å². The average molecular weight is 548 g/mol. The molecule has 8 nitrogen and oxygen atoms in total. The average Bonchev–Trinajstić information content (AvgIpc) is 3.21. The van der Waals surface area contributed by atoms with Gasteiger partial charge in [-0.3, -0.25) is 14.5 Å². The van der Waals surface area contributed by atoms with Gasteiger partial charge in [0.05, 0.1) is 29.4 Å². The maximum Gasteiger partial charge on any atom is 0.416 e. The summed E-state index contributed by atoms with van der Waals surface area (Å²) in [5, 5.41) is 5.71. The van der Waals surface area contributed by atoms with Crippen LogP contribution in [0.15, 0.2) is 48.2 Å². The van der Waals surface area contributed by atoms with Crippen LogP contribution in [0.4, 0.5) is 18.0 Å². The standard InChI is InChI=1S/C28H36F3N5O3/c1-5-12-35-22-16-36(21(15-17(2)3)25(37)32-18-10-13-34(4)14-11-18)26(38)23(22)24(33-27(35)39)19-8-6-7-9-20(19)28(29,30)31/h5-9,17-18,21,24H,1,10-16H2,2-4H3,(H,32,37)(H,33,39)/t21-,24+/m0/s1. The lowest BCUT2D eigenvalue weighted by molar-refractivity contribution is -0.139. The molecule has 11 heteroatoms. The van der Waals surface area contributed by atoms with Crippen molar-refractivity contribution in [2.45, 2.75) is 57.4 Å². The van der Waals surface area contributed by atoms with Crippen LogP contribution in [-0.2, 0) is 15.8 Å². The molecular formula is C28H36F3N5O3. The second kappa shape index (κ2) is 11.4. The molecule has 1 aromatic rings. The number of carbonyl (C=O) groups is 3. The largest absolute Gasteiger partial charge is 0.416 e. The minimum atomic E-state index is -4.68. The molecular weight excluding hydrogens is 511 g/mol. The smallest absolute Gasteiger partial charge is 0.351 e. The molecule has 4 amide bonds. The van der Waals surface area contributed by atoms with Gasteiger partial charge in [-0.2, -0.15) is 13.2 Å². The molecule has 0 unspecified atom stereocenters. The third-order valence-electron chi connectivity index (χ3n) is 7.58. The van der Waals surface area contributed by atoms with Crippen molar-refractivity contribution in [3.8, 4) is 0 Å². The van der Waals surface area contributed by atoms with Crippen molar-refractivity contribution >= 4 is 17.8 Å². The summed E-state index contributed by atoms with van der Waals surface area (Å²) in [5.74, 6) is -0.770. The third-order valence-corrected chi connectivity index (χ3v) is 7.58. The second-order valence-electron chi connectivity index (χ2n) is 10.9. The van der Waals surface area contributed by atoms with E-state index >= 15 is 0 Å². The second-order valence-corrected chi connectivity index (χ2v) is 10.9. The molecule has 2 atom stereocenters. The molecule has 39 heavy (non-hydrogen) atoms. The predicted octanol–water partition coefficient (Wildman–Crippen LogP) is 3.68. The zero-order chi connectivity index (χ0) is 28.5. The topological polar surface area (TPSA) is 85.0 Å². The van der Waals surface area contributed by atoms with E-state index in [1.165, 1.54) is 34.1 Å². The number of hydrogen-bond donors (Lipinski definition) is 2. The van der Waals surface area contributed by atoms with E-state index in [2.05, 4.69) is 22.1 Å². The van der Waals surface area contributed by atoms with E-state index in [9.17, 15) is 27.6 Å². The van der Waals surface area contributed by atoms with Crippen LogP contribution in [0, 0.1) is 5.92 Å². The van der Waals surface area contributed by atoms with Gasteiger partial charge in [-0.05, 0) is 56.9 Å². The van der Waals surface area contributed by atoms with Gasteiger partial charge < -0.3 is 20.4 Å². The Kier molecular flexibility index (Phi) is 8.39. The minimum Gasteiger partial charge on any atom is -0.351 e. The Morgan fingerprint density at radius 2 is 1.87 bits per heavy atom. The summed E-state index contributed by atoms with van der Waals surface area (Å²) in [4.78, 5) is 45.6. The lowest BCUT2D eigenvalue weighted by Gasteiger charge is -2.34. The van der Waals surface area contributed by atoms with E-state index in [0.29, 0.717) is 12.1 Å². The molecule has 1 saturated heterocycles. The Balaban J connectivity index is 1.70. The number of amides is 4. The van der Waals surface area contributed by atoms with E-state index in [0.717, 1.165) is 32.0 Å². The maximum atomic E-state index is 14.0. The summed E-state index contributed by atoms with van der Waals surface area (Å²) >= 11 is 0. The third kappa shape index (κ3) is 5.98. The van der Waals surface area contributed by atoms with Gasteiger partial charge in [0.25, 0.3) is 5.91 Å². The van der Waals surface area contributed by atoms with Crippen LogP contribution in [0.2, 0.25) is 0 Å². The molecule has 0 bridgehead atoms. The highest BCUT2D eigenvalue weighted by molar-refractivity contribution is 6.03. The summed E-state index contributed by atoms with van der Waals surface area (Å²) in [5.41, 5.74) is -0.791. The molecule has 3 heterocycles. The number of hydrogen-bond acceptors (Lipinski definition) is 4. The van der Waals surface area contributed by atoms with E-state index in [4.69, 9.17) is 0 Å². The fourth-order valence-corrected chi connectivity index (χ4v) is 5.60. The van der Waals surface area contributed by atoms with E-state index < -0.39 is 35.8 Å². The van der Waals surface area contributed by atoms with Gasteiger partial charge in [0.1, 0.15) is 6.04 Å². The SMILES string of the molecule is C=CCN1C(=O)N[C@H](c2ccccc2C(F)(F)F)C2=C1CN([C@@H](CC(C)C)C(=O)NC1CCN(C)CC1)C2=O. The molecule has 0 aromatic heterocycles. The molecule has 0 saturated carbocycles. The van der Waals surface area contributed by atoms with Gasteiger partial charge >= 0.3 is 12.2 Å². The van der Waals surface area contributed by atoms with E-state index in [1.54, 1.807) is 0 Å². The summed E-state index contributed by atoms with van der Waals surface area (Å²) < 4.78 is 41.8. The van der Waals surface area contributed by atoms with Gasteiger partial charge in [-0.15, -0.1) is 6.58 Å². The zero-order valence-electron chi connectivity index (χ0n) is 22.6. The number of rotatable bonds is 8. The fourth-order valence-electron chi connectivity index (χ4n) is 5.60. The molecule has 0 spiro atoms. The molecule has 212 valence electrons. The number of carbonyl (C=O) groups excluding carboxylic acids is 3. The molecule has 1 aromatic carbocycles. The number of nitrogens with one attached hydrogen (secondary N) is 2. The van der Waals surface area contributed by atoms with Gasteiger partial charge in [0, 0.05) is 12.6 Å². The number of alkyl halides is 3. The van der Waals surface area contributed by atoms with Crippen molar-refractivity contribution in [1.82, 2.24) is 25.3 Å². The number of halogens is 3. The van der Waals surface area contributed by atoms with Crippen molar-refractivity contribution in [3.05, 3.63) is 59.3 Å². The lowest BCUT2D eigenvalue weighted by Crippen LogP contribution is -2.53. The summed E-state index contributed by atoms with van der Waals surface area (Å²) in [6, 6.07) is 2.15. The molecule has 1 fully saturated rings. The van der Waals surface area contributed by atoms with Gasteiger partial charge in [-0.25, -0.2) is 4.79 Å². The molecule has 3 aliphatic heterocycles. The van der Waals surface area contributed by atoms with Crippen LogP contribution in [0.5, 0.6) is 0 Å². The number of likely N-dealkylation sites (tertiary alicyclic amines) is 1. The van der Waals surface area contributed by atoms with Crippen molar-refractivity contribution in [3.63, 3.8) is 0 Å². The summed E-state index contributed by atoms with van der Waals surface area (Å²) in [6.45, 7) is 9.28. The van der Waals surface area contributed by atoms with Crippen LogP contribution in [-0.4, -0.2) is 77.9 Å². The van der Waals surface area contributed by atoms with E-state index in [-0.39, 0.29) is 42.1 Å². The van der Waals surface area contributed by atoms with Crippen molar-refractivity contribution < 1.29 is 27.6 Å². The first kappa shape index (κ1) is 28.7. The molecule has 2 N–H and O–H groups in total. The Hall–Kier alpha value is -3.34. The number of urea groups is 1. The molecule has 0 aliphatic carbocycles. The number of piperidine rings is 1. The van der Waals surface area contributed by atoms with Gasteiger partial charge in [0.15, 0.2) is 0 Å². The highest BCUT2D eigenvalue weighted by Gasteiger charge is 2.49. The maximum absolute atomic E-state index is 14.0. The first-order chi connectivity index (χ1) is 18.4. The fraction of sp³-hybridized carbons (Fsp3) is 0.536. The Bertz CT molecular complexity index is 1160. The quantitative estimate of drug-likeness (QED) is 0.487. The van der Waals surface area contributed by atoms with Crippen molar-refractivity contribution in [2.24, 2.45) is 5.92 Å². The summed E-state index contributed by atoms with van der Waals surface area (Å²) in [6.07, 6.45) is -1.24. The van der Waals surface area contributed by atoms with Gasteiger partial charge in [0.2, 0.25) is 5.91 Å². The zero-order valence-corrected chi connectivity index (χ0v) is 22.6. The van der Waals surface area contributed by atoms with Crippen LogP contribution in [0.1, 0.15) is 50.3 Å². The Morgan fingerprint density at radius 3 is 2.49 bits per heavy atom. The van der Waals surface area contributed by atoms with Crippen LogP contribution in [0.25, 0.3) is 0 Å². The highest BCUT2D eigenvalue weighted by Crippen LogP contribution is 2.42. The van der Waals surface area contributed by atoms with Gasteiger partial charge in [-0.1, -0.05) is 38.1 Å². The van der Waals surface area contributed by atoms with Crippen LogP contribution < -0.4 is 10.6 Å². The highest BCUT2D eigenvalue weighted by atomic mass is 19.4. The molecule has 4 rings (SSSR count). The number of benzene rings is 1. The monoisotopic (exact) mass is 547 g/mol. The Morgan fingerprint density at radius 1 is 1.21 bits per heavy atom. The predicted molar refractivity (Wildman–Crippen MR) is 140 cm³/mol.